The van der Waals surface area contributed by atoms with Crippen molar-refractivity contribution in [3.63, 3.8) is 0 Å². The van der Waals surface area contributed by atoms with Gasteiger partial charge in [-0.1, -0.05) is 42.5 Å². The predicted octanol–water partition coefficient (Wildman–Crippen LogP) is 5.02. The van der Waals surface area contributed by atoms with Crippen molar-refractivity contribution in [2.45, 2.75) is 20.4 Å². The predicted molar refractivity (Wildman–Crippen MR) is 136 cm³/mol. The van der Waals surface area contributed by atoms with E-state index in [9.17, 15) is 9.59 Å². The number of pyridine rings is 1. The summed E-state index contributed by atoms with van der Waals surface area (Å²) < 4.78 is 7.45. The maximum atomic E-state index is 13.3. The van der Waals surface area contributed by atoms with E-state index in [1.54, 1.807) is 19.1 Å². The van der Waals surface area contributed by atoms with E-state index in [1.165, 1.54) is 15.9 Å². The minimum atomic E-state index is -0.330. The van der Waals surface area contributed by atoms with Gasteiger partial charge >= 0.3 is 0 Å². The first-order valence-corrected chi connectivity index (χ1v) is 11.7. The first-order valence-electron chi connectivity index (χ1n) is 10.9. The summed E-state index contributed by atoms with van der Waals surface area (Å²) in [6.07, 6.45) is 0. The van der Waals surface area contributed by atoms with Gasteiger partial charge in [-0.2, -0.15) is 0 Å². The lowest BCUT2D eigenvalue weighted by Gasteiger charge is -2.13. The van der Waals surface area contributed by atoms with Crippen LogP contribution >= 0.6 is 11.3 Å². The third-order valence-electron chi connectivity index (χ3n) is 5.47. The summed E-state index contributed by atoms with van der Waals surface area (Å²) in [6.45, 7) is 3.95. The standard InChI is InChI=1S/C26H22N4O3S/c1-3-33-21-12-8-7-11-20(21)28-22(31)15-30-16(2)27-23-18-13-14-19(17-9-5-4-6-10-17)29-25(18)34-24(23)26(30)32/h4-14H,3,15H2,1-2H3,(H,28,31). The fourth-order valence-corrected chi connectivity index (χ4v) is 4.92. The molecule has 0 radical (unpaired) electrons. The fraction of sp³-hybridized carbons (Fsp3) is 0.154. The summed E-state index contributed by atoms with van der Waals surface area (Å²) in [6, 6.07) is 21.0. The first-order chi connectivity index (χ1) is 16.5. The third-order valence-corrected chi connectivity index (χ3v) is 6.54. The van der Waals surface area contributed by atoms with E-state index in [1.807, 2.05) is 61.5 Å². The molecule has 7 nitrogen and oxygen atoms in total. The van der Waals surface area contributed by atoms with Crippen molar-refractivity contribution >= 4 is 43.4 Å². The largest absolute Gasteiger partial charge is 0.492 e. The molecule has 0 aliphatic carbocycles. The van der Waals surface area contributed by atoms with Crippen LogP contribution in [0.15, 0.2) is 71.5 Å². The van der Waals surface area contributed by atoms with Gasteiger partial charge in [-0.05, 0) is 38.1 Å². The molecule has 0 aliphatic rings. The topological polar surface area (TPSA) is 86.1 Å². The molecule has 0 saturated heterocycles. The second-order valence-electron chi connectivity index (χ2n) is 7.72. The lowest BCUT2D eigenvalue weighted by atomic mass is 10.1. The van der Waals surface area contributed by atoms with Gasteiger partial charge in [-0.15, -0.1) is 11.3 Å². The Hall–Kier alpha value is -4.04. The molecule has 170 valence electrons. The number of hydrogen-bond donors (Lipinski definition) is 1. The Balaban J connectivity index is 1.49. The minimum absolute atomic E-state index is 0.148. The molecule has 2 aromatic carbocycles. The van der Waals surface area contributed by atoms with Crippen LogP contribution in [-0.4, -0.2) is 27.0 Å². The van der Waals surface area contributed by atoms with Crippen molar-refractivity contribution in [1.82, 2.24) is 14.5 Å². The van der Waals surface area contributed by atoms with Gasteiger partial charge in [0.05, 0.1) is 23.5 Å². The number of rotatable bonds is 6. The van der Waals surface area contributed by atoms with E-state index in [4.69, 9.17) is 9.72 Å². The van der Waals surface area contributed by atoms with Gasteiger partial charge in [0.2, 0.25) is 5.91 Å². The van der Waals surface area contributed by atoms with Crippen LogP contribution in [0.5, 0.6) is 5.75 Å². The van der Waals surface area contributed by atoms with E-state index >= 15 is 0 Å². The highest BCUT2D eigenvalue weighted by atomic mass is 32.1. The summed E-state index contributed by atoms with van der Waals surface area (Å²) >= 11 is 1.30. The van der Waals surface area contributed by atoms with Gasteiger partial charge in [0.15, 0.2) is 0 Å². The maximum Gasteiger partial charge on any atom is 0.272 e. The Labute approximate surface area is 199 Å². The molecule has 34 heavy (non-hydrogen) atoms. The Morgan fingerprint density at radius 1 is 1.03 bits per heavy atom. The number of fused-ring (bicyclic) bond motifs is 3. The van der Waals surface area contributed by atoms with E-state index in [-0.39, 0.29) is 18.0 Å². The number of anilines is 1. The molecule has 0 saturated carbocycles. The van der Waals surface area contributed by atoms with Crippen molar-refractivity contribution in [3.8, 4) is 17.0 Å². The molecule has 3 heterocycles. The second-order valence-corrected chi connectivity index (χ2v) is 8.72. The molecule has 0 fully saturated rings. The van der Waals surface area contributed by atoms with E-state index < -0.39 is 0 Å². The highest BCUT2D eigenvalue weighted by molar-refractivity contribution is 7.25. The molecule has 0 unspecified atom stereocenters. The summed E-state index contributed by atoms with van der Waals surface area (Å²) in [5, 5.41) is 3.67. The first kappa shape index (κ1) is 21.8. The van der Waals surface area contributed by atoms with Crippen molar-refractivity contribution in [2.24, 2.45) is 0 Å². The average molecular weight is 471 g/mol. The Kier molecular flexibility index (Phi) is 5.81. The molecule has 0 spiro atoms. The highest BCUT2D eigenvalue weighted by Gasteiger charge is 2.18. The number of aryl methyl sites for hydroxylation is 1. The Morgan fingerprint density at radius 3 is 2.59 bits per heavy atom. The van der Waals surface area contributed by atoms with E-state index in [2.05, 4.69) is 10.3 Å². The highest BCUT2D eigenvalue weighted by Crippen LogP contribution is 2.31. The molecule has 0 aliphatic heterocycles. The summed E-state index contributed by atoms with van der Waals surface area (Å²) in [7, 11) is 0. The van der Waals surface area contributed by atoms with Gasteiger partial charge in [-0.25, -0.2) is 9.97 Å². The summed E-state index contributed by atoms with van der Waals surface area (Å²) in [5.74, 6) is 0.725. The second kappa shape index (κ2) is 9.07. The Bertz CT molecular complexity index is 1570. The molecular formula is C26H22N4O3S. The number of para-hydroxylation sites is 2. The lowest BCUT2D eigenvalue weighted by molar-refractivity contribution is -0.116. The molecule has 1 N–H and O–H groups in total. The molecule has 5 aromatic rings. The van der Waals surface area contributed by atoms with Gasteiger partial charge in [0, 0.05) is 10.9 Å². The normalized spacial score (nSPS) is 11.1. The number of ether oxygens (including phenoxy) is 1. The number of carbonyl (C=O) groups excluding carboxylic acids is 1. The molecule has 0 bridgehead atoms. The van der Waals surface area contributed by atoms with Crippen LogP contribution < -0.4 is 15.6 Å². The van der Waals surface area contributed by atoms with Gasteiger partial charge < -0.3 is 10.1 Å². The number of nitrogens with one attached hydrogen (secondary N) is 1. The zero-order chi connectivity index (χ0) is 23.7. The number of aromatic nitrogens is 3. The van der Waals surface area contributed by atoms with E-state index in [0.717, 1.165) is 21.5 Å². The van der Waals surface area contributed by atoms with Crippen molar-refractivity contribution in [1.29, 1.82) is 0 Å². The smallest absolute Gasteiger partial charge is 0.272 e. The molecule has 1 amide bonds. The quantitative estimate of drug-likeness (QED) is 0.377. The lowest BCUT2D eigenvalue weighted by Crippen LogP contribution is -2.29. The van der Waals surface area contributed by atoms with Crippen molar-refractivity contribution in [2.75, 3.05) is 11.9 Å². The maximum absolute atomic E-state index is 13.3. The number of hydrogen-bond acceptors (Lipinski definition) is 6. The van der Waals surface area contributed by atoms with Crippen LogP contribution in [0.25, 0.3) is 31.7 Å². The molecule has 0 atom stereocenters. The van der Waals surface area contributed by atoms with Crippen molar-refractivity contribution in [3.05, 3.63) is 82.9 Å². The summed E-state index contributed by atoms with van der Waals surface area (Å²) in [4.78, 5) is 36.3. The number of thiophene rings is 1. The van der Waals surface area contributed by atoms with Gasteiger partial charge in [0.1, 0.15) is 27.6 Å². The zero-order valence-corrected chi connectivity index (χ0v) is 19.6. The monoisotopic (exact) mass is 470 g/mol. The molecule has 5 rings (SSSR count). The number of benzene rings is 2. The number of nitrogens with zero attached hydrogens (tertiary/aromatic N) is 3. The molecular weight excluding hydrogens is 448 g/mol. The van der Waals surface area contributed by atoms with Crippen LogP contribution in [0.1, 0.15) is 12.7 Å². The SMILES string of the molecule is CCOc1ccccc1NC(=O)Cn1c(C)nc2c(sc3nc(-c4ccccc4)ccc32)c1=O. The summed E-state index contributed by atoms with van der Waals surface area (Å²) in [5.41, 5.74) is 2.78. The van der Waals surface area contributed by atoms with Crippen LogP contribution in [-0.2, 0) is 11.3 Å². The number of amides is 1. The minimum Gasteiger partial charge on any atom is -0.492 e. The van der Waals surface area contributed by atoms with Gasteiger partial charge in [0.25, 0.3) is 5.56 Å². The Morgan fingerprint density at radius 2 is 1.79 bits per heavy atom. The fourth-order valence-electron chi connectivity index (χ4n) is 3.85. The van der Waals surface area contributed by atoms with Crippen LogP contribution in [0.4, 0.5) is 5.69 Å². The molecule has 3 aromatic heterocycles. The third kappa shape index (κ3) is 4.04. The zero-order valence-electron chi connectivity index (χ0n) is 18.7. The molecule has 8 heteroatoms. The van der Waals surface area contributed by atoms with Gasteiger partial charge in [-0.3, -0.25) is 14.2 Å². The number of carbonyl (C=O) groups is 1. The van der Waals surface area contributed by atoms with Crippen LogP contribution in [0.3, 0.4) is 0 Å². The van der Waals surface area contributed by atoms with E-state index in [0.29, 0.717) is 34.1 Å². The van der Waals surface area contributed by atoms with Crippen molar-refractivity contribution < 1.29 is 9.53 Å². The van der Waals surface area contributed by atoms with Crippen LogP contribution in [0, 0.1) is 6.92 Å². The van der Waals surface area contributed by atoms with Crippen LogP contribution in [0.2, 0.25) is 0 Å². The average Bonchev–Trinajstić information content (AvgIpc) is 3.21.